The average Bonchev–Trinajstić information content (AvgIpc) is 2.02. The van der Waals surface area contributed by atoms with Crippen LogP contribution < -0.4 is 9.92 Å². The molecule has 0 spiro atoms. The highest BCUT2D eigenvalue weighted by Gasteiger charge is 2.21. The van der Waals surface area contributed by atoms with Crippen molar-refractivity contribution in [2.45, 2.75) is 19.6 Å². The standard InChI is InChI=1S/C10H15ClOSi/c1-12-10-8(11)6-5-7-9(10)13(2,3)4/h5-7H,1-4H3. The van der Waals surface area contributed by atoms with Crippen molar-refractivity contribution < 1.29 is 4.74 Å². The van der Waals surface area contributed by atoms with Gasteiger partial charge in [-0.15, -0.1) is 0 Å². The predicted octanol–water partition coefficient (Wildman–Crippen LogP) is 2.89. The monoisotopic (exact) mass is 214 g/mol. The van der Waals surface area contributed by atoms with Gasteiger partial charge in [0.15, 0.2) is 0 Å². The zero-order valence-electron chi connectivity index (χ0n) is 8.52. The van der Waals surface area contributed by atoms with Gasteiger partial charge in [0.2, 0.25) is 0 Å². The highest BCUT2D eigenvalue weighted by Crippen LogP contribution is 2.23. The van der Waals surface area contributed by atoms with Crippen LogP contribution in [0.15, 0.2) is 18.2 Å². The van der Waals surface area contributed by atoms with Gasteiger partial charge < -0.3 is 4.74 Å². The van der Waals surface area contributed by atoms with Crippen molar-refractivity contribution in [1.82, 2.24) is 0 Å². The van der Waals surface area contributed by atoms with Gasteiger partial charge in [0.25, 0.3) is 0 Å². The predicted molar refractivity (Wildman–Crippen MR) is 61.0 cm³/mol. The van der Waals surface area contributed by atoms with E-state index in [9.17, 15) is 0 Å². The van der Waals surface area contributed by atoms with Gasteiger partial charge in [-0.05, 0) is 11.3 Å². The third-order valence-corrected chi connectivity index (χ3v) is 4.29. The number of rotatable bonds is 2. The van der Waals surface area contributed by atoms with Crippen molar-refractivity contribution in [2.24, 2.45) is 0 Å². The summed E-state index contributed by atoms with van der Waals surface area (Å²) in [5.74, 6) is 0.850. The molecule has 1 nitrogen and oxygen atoms in total. The lowest BCUT2D eigenvalue weighted by Gasteiger charge is -2.20. The van der Waals surface area contributed by atoms with E-state index in [1.54, 1.807) is 7.11 Å². The molecule has 0 saturated heterocycles. The maximum atomic E-state index is 6.03. The first-order valence-electron chi connectivity index (χ1n) is 4.30. The van der Waals surface area contributed by atoms with Crippen molar-refractivity contribution in [1.29, 1.82) is 0 Å². The third-order valence-electron chi connectivity index (χ3n) is 1.98. The van der Waals surface area contributed by atoms with Gasteiger partial charge in [-0.2, -0.15) is 0 Å². The quantitative estimate of drug-likeness (QED) is 0.688. The normalized spacial score (nSPS) is 11.5. The summed E-state index contributed by atoms with van der Waals surface area (Å²) < 4.78 is 5.31. The highest BCUT2D eigenvalue weighted by atomic mass is 35.5. The van der Waals surface area contributed by atoms with Crippen LogP contribution in [-0.2, 0) is 0 Å². The molecule has 0 bridgehead atoms. The Morgan fingerprint density at radius 2 is 1.85 bits per heavy atom. The van der Waals surface area contributed by atoms with E-state index in [0.717, 1.165) is 5.75 Å². The molecule has 1 rings (SSSR count). The summed E-state index contributed by atoms with van der Waals surface area (Å²) >= 11 is 6.03. The lowest BCUT2D eigenvalue weighted by Crippen LogP contribution is -2.38. The number of halogens is 1. The lowest BCUT2D eigenvalue weighted by molar-refractivity contribution is 0.418. The number of hydrogen-bond acceptors (Lipinski definition) is 1. The molecule has 0 radical (unpaired) electrons. The zero-order valence-corrected chi connectivity index (χ0v) is 10.3. The molecule has 0 amide bonds. The number of benzene rings is 1. The second kappa shape index (κ2) is 3.72. The molecule has 0 unspecified atom stereocenters. The SMILES string of the molecule is COc1c(Cl)cccc1[Si](C)(C)C. The summed E-state index contributed by atoms with van der Waals surface area (Å²) in [6.07, 6.45) is 0. The van der Waals surface area contributed by atoms with E-state index in [-0.39, 0.29) is 0 Å². The number of ether oxygens (including phenoxy) is 1. The van der Waals surface area contributed by atoms with Crippen LogP contribution >= 0.6 is 11.6 Å². The molecular formula is C10H15ClOSi. The van der Waals surface area contributed by atoms with E-state index >= 15 is 0 Å². The van der Waals surface area contributed by atoms with E-state index in [1.165, 1.54) is 5.19 Å². The fourth-order valence-corrected chi connectivity index (χ4v) is 3.15. The zero-order chi connectivity index (χ0) is 10.1. The van der Waals surface area contributed by atoms with Gasteiger partial charge in [-0.1, -0.05) is 43.4 Å². The van der Waals surface area contributed by atoms with Crippen LogP contribution in [0.3, 0.4) is 0 Å². The Bertz CT molecular complexity index is 304. The van der Waals surface area contributed by atoms with Crippen LogP contribution in [0.5, 0.6) is 5.75 Å². The van der Waals surface area contributed by atoms with Crippen LogP contribution in [0.25, 0.3) is 0 Å². The van der Waals surface area contributed by atoms with Gasteiger partial charge in [-0.25, -0.2) is 0 Å². The summed E-state index contributed by atoms with van der Waals surface area (Å²) in [7, 11) is 0.332. The van der Waals surface area contributed by atoms with Crippen LogP contribution in [0.4, 0.5) is 0 Å². The van der Waals surface area contributed by atoms with Gasteiger partial charge in [0.05, 0.1) is 20.2 Å². The molecule has 0 N–H and O–H groups in total. The van der Waals surface area contributed by atoms with Crippen LogP contribution in [0, 0.1) is 0 Å². The first kappa shape index (κ1) is 10.6. The average molecular weight is 215 g/mol. The molecule has 72 valence electrons. The lowest BCUT2D eigenvalue weighted by atomic mass is 10.3. The Labute approximate surface area is 85.7 Å². The summed E-state index contributed by atoms with van der Waals surface area (Å²) in [6.45, 7) is 6.84. The van der Waals surface area contributed by atoms with Crippen LogP contribution in [0.1, 0.15) is 0 Å². The Morgan fingerprint density at radius 3 is 2.23 bits per heavy atom. The Kier molecular flexibility index (Phi) is 3.04. The van der Waals surface area contributed by atoms with Crippen LogP contribution in [-0.4, -0.2) is 15.2 Å². The molecule has 13 heavy (non-hydrogen) atoms. The first-order chi connectivity index (χ1) is 5.96. The minimum atomic E-state index is -1.34. The molecule has 0 saturated carbocycles. The minimum absolute atomic E-state index is 0.711. The molecule has 1 aromatic rings. The molecule has 0 aliphatic carbocycles. The van der Waals surface area contributed by atoms with Crippen molar-refractivity contribution in [2.75, 3.05) is 7.11 Å². The highest BCUT2D eigenvalue weighted by molar-refractivity contribution is 6.89. The molecule has 0 heterocycles. The molecular weight excluding hydrogens is 200 g/mol. The number of methoxy groups -OCH3 is 1. The number of hydrogen-bond donors (Lipinski definition) is 0. The Hall–Kier alpha value is -0.473. The van der Waals surface area contributed by atoms with Gasteiger partial charge in [0, 0.05) is 0 Å². The Balaban J connectivity index is 3.29. The molecule has 3 heteroatoms. The van der Waals surface area contributed by atoms with Gasteiger partial charge in [-0.3, -0.25) is 0 Å². The topological polar surface area (TPSA) is 9.23 Å². The summed E-state index contributed by atoms with van der Waals surface area (Å²) in [5.41, 5.74) is 0. The molecule has 0 aromatic heterocycles. The van der Waals surface area contributed by atoms with E-state index in [2.05, 4.69) is 25.7 Å². The van der Waals surface area contributed by atoms with E-state index < -0.39 is 8.07 Å². The van der Waals surface area contributed by atoms with Crippen molar-refractivity contribution in [3.8, 4) is 5.75 Å². The fourth-order valence-electron chi connectivity index (χ4n) is 1.31. The molecule has 1 aromatic carbocycles. The molecule has 0 aliphatic heterocycles. The maximum Gasteiger partial charge on any atom is 0.136 e. The first-order valence-corrected chi connectivity index (χ1v) is 8.17. The summed E-state index contributed by atoms with van der Waals surface area (Å²) in [4.78, 5) is 0. The van der Waals surface area contributed by atoms with E-state index in [0.29, 0.717) is 5.02 Å². The van der Waals surface area contributed by atoms with Crippen LogP contribution in [0.2, 0.25) is 24.7 Å². The van der Waals surface area contributed by atoms with Gasteiger partial charge >= 0.3 is 0 Å². The maximum absolute atomic E-state index is 6.03. The number of para-hydroxylation sites is 1. The fraction of sp³-hybridized carbons (Fsp3) is 0.400. The van der Waals surface area contributed by atoms with Crippen molar-refractivity contribution in [3.05, 3.63) is 23.2 Å². The minimum Gasteiger partial charge on any atom is -0.495 e. The third kappa shape index (κ3) is 2.26. The van der Waals surface area contributed by atoms with Gasteiger partial charge in [0.1, 0.15) is 5.75 Å². The second-order valence-electron chi connectivity index (χ2n) is 4.07. The smallest absolute Gasteiger partial charge is 0.136 e. The van der Waals surface area contributed by atoms with E-state index in [4.69, 9.17) is 16.3 Å². The molecule has 0 atom stereocenters. The van der Waals surface area contributed by atoms with Crippen molar-refractivity contribution in [3.63, 3.8) is 0 Å². The Morgan fingerprint density at radius 1 is 1.23 bits per heavy atom. The summed E-state index contributed by atoms with van der Waals surface area (Å²) in [6, 6.07) is 5.96. The second-order valence-corrected chi connectivity index (χ2v) is 9.52. The summed E-state index contributed by atoms with van der Waals surface area (Å²) in [5, 5.41) is 1.99. The molecule has 0 aliphatic rings. The molecule has 0 fully saturated rings. The van der Waals surface area contributed by atoms with E-state index in [1.807, 2.05) is 12.1 Å². The van der Waals surface area contributed by atoms with Crippen molar-refractivity contribution >= 4 is 24.9 Å². The largest absolute Gasteiger partial charge is 0.495 e.